The van der Waals surface area contributed by atoms with Crippen molar-refractivity contribution in [2.75, 3.05) is 0 Å². The number of carbonyl (C=O) groups excluding carboxylic acids is 1. The number of nitro benzene ring substituents is 1. The van der Waals surface area contributed by atoms with Crippen molar-refractivity contribution in [3.8, 4) is 0 Å². The number of nitrogens with zero attached hydrogens (tertiary/aromatic N) is 1. The van der Waals surface area contributed by atoms with Gasteiger partial charge in [0.1, 0.15) is 0 Å². The fourth-order valence-corrected chi connectivity index (χ4v) is 2.55. The molecule has 2 aromatic carbocycles. The number of amides is 1. The van der Waals surface area contributed by atoms with Crippen molar-refractivity contribution >= 4 is 27.5 Å². The van der Waals surface area contributed by atoms with E-state index in [2.05, 4.69) is 21.2 Å². The maximum atomic E-state index is 12.1. The van der Waals surface area contributed by atoms with Crippen LogP contribution in [0, 0.1) is 10.1 Å². The predicted octanol–water partition coefficient (Wildman–Crippen LogP) is 3.85. The minimum Gasteiger partial charge on any atom is -0.345 e. The standard InChI is InChI=1S/C15H13BrN2O3/c1-10(13-4-2-3-5-14(13)16)17-15(19)11-6-8-12(9-7-11)18(20)21/h2-10H,1H3,(H,17,19). The number of nitro groups is 1. The monoisotopic (exact) mass is 348 g/mol. The maximum Gasteiger partial charge on any atom is 0.269 e. The highest BCUT2D eigenvalue weighted by Gasteiger charge is 2.14. The van der Waals surface area contributed by atoms with Gasteiger partial charge in [-0.1, -0.05) is 34.1 Å². The van der Waals surface area contributed by atoms with Gasteiger partial charge in [-0.2, -0.15) is 0 Å². The van der Waals surface area contributed by atoms with Crippen LogP contribution in [-0.2, 0) is 0 Å². The van der Waals surface area contributed by atoms with Gasteiger partial charge in [0, 0.05) is 22.2 Å². The first-order valence-electron chi connectivity index (χ1n) is 6.29. The molecule has 0 spiro atoms. The first-order chi connectivity index (χ1) is 9.99. The van der Waals surface area contributed by atoms with Gasteiger partial charge in [0.2, 0.25) is 0 Å². The lowest BCUT2D eigenvalue weighted by molar-refractivity contribution is -0.384. The third-order valence-electron chi connectivity index (χ3n) is 3.06. The molecule has 2 rings (SSSR count). The Balaban J connectivity index is 2.11. The molecule has 0 aliphatic carbocycles. The number of nitrogens with one attached hydrogen (secondary N) is 1. The van der Waals surface area contributed by atoms with Crippen LogP contribution in [0.4, 0.5) is 5.69 Å². The predicted molar refractivity (Wildman–Crippen MR) is 83.1 cm³/mol. The first kappa shape index (κ1) is 15.2. The number of benzene rings is 2. The van der Waals surface area contributed by atoms with Crippen molar-refractivity contribution in [3.63, 3.8) is 0 Å². The Morgan fingerprint density at radius 2 is 1.81 bits per heavy atom. The number of hydrogen-bond donors (Lipinski definition) is 1. The second kappa shape index (κ2) is 6.49. The summed E-state index contributed by atoms with van der Waals surface area (Å²) in [5, 5.41) is 13.4. The molecule has 5 nitrogen and oxygen atoms in total. The lowest BCUT2D eigenvalue weighted by Crippen LogP contribution is -2.26. The number of hydrogen-bond acceptors (Lipinski definition) is 3. The van der Waals surface area contributed by atoms with Crippen molar-refractivity contribution in [1.29, 1.82) is 0 Å². The van der Waals surface area contributed by atoms with Crippen LogP contribution in [0.25, 0.3) is 0 Å². The van der Waals surface area contributed by atoms with E-state index in [0.29, 0.717) is 5.56 Å². The second-order valence-corrected chi connectivity index (χ2v) is 5.37. The van der Waals surface area contributed by atoms with Crippen molar-refractivity contribution in [1.82, 2.24) is 5.32 Å². The van der Waals surface area contributed by atoms with E-state index in [-0.39, 0.29) is 17.6 Å². The van der Waals surface area contributed by atoms with Crippen LogP contribution in [0.3, 0.4) is 0 Å². The molecule has 0 saturated heterocycles. The van der Waals surface area contributed by atoms with E-state index in [1.807, 2.05) is 31.2 Å². The summed E-state index contributed by atoms with van der Waals surface area (Å²) in [4.78, 5) is 22.2. The van der Waals surface area contributed by atoms with Gasteiger partial charge in [0.05, 0.1) is 11.0 Å². The number of rotatable bonds is 4. The molecule has 0 bridgehead atoms. The lowest BCUT2D eigenvalue weighted by atomic mass is 10.1. The van der Waals surface area contributed by atoms with Crippen molar-refractivity contribution < 1.29 is 9.72 Å². The quantitative estimate of drug-likeness (QED) is 0.673. The molecule has 2 aromatic rings. The fraction of sp³-hybridized carbons (Fsp3) is 0.133. The third-order valence-corrected chi connectivity index (χ3v) is 3.78. The number of carbonyl (C=O) groups is 1. The van der Waals surface area contributed by atoms with Crippen LogP contribution in [0.1, 0.15) is 28.9 Å². The van der Waals surface area contributed by atoms with Gasteiger partial charge < -0.3 is 5.32 Å². The topological polar surface area (TPSA) is 72.2 Å². The summed E-state index contributed by atoms with van der Waals surface area (Å²) in [5.41, 5.74) is 1.32. The molecule has 1 unspecified atom stereocenters. The Morgan fingerprint density at radius 3 is 2.38 bits per heavy atom. The van der Waals surface area contributed by atoms with Crippen LogP contribution in [-0.4, -0.2) is 10.8 Å². The van der Waals surface area contributed by atoms with Gasteiger partial charge in [-0.05, 0) is 30.7 Å². The van der Waals surface area contributed by atoms with E-state index in [0.717, 1.165) is 10.0 Å². The molecule has 0 aliphatic heterocycles. The average Bonchev–Trinajstić information content (AvgIpc) is 2.47. The maximum absolute atomic E-state index is 12.1. The van der Waals surface area contributed by atoms with Crippen LogP contribution in [0.5, 0.6) is 0 Å². The molecule has 0 aliphatic rings. The summed E-state index contributed by atoms with van der Waals surface area (Å²) >= 11 is 3.44. The van der Waals surface area contributed by atoms with Gasteiger partial charge in [-0.15, -0.1) is 0 Å². The minimum absolute atomic E-state index is 0.0367. The molecule has 0 fully saturated rings. The molecule has 0 heterocycles. The van der Waals surface area contributed by atoms with Crippen LogP contribution < -0.4 is 5.32 Å². The van der Waals surface area contributed by atoms with Crippen molar-refractivity contribution in [2.45, 2.75) is 13.0 Å². The van der Waals surface area contributed by atoms with Crippen LogP contribution in [0.15, 0.2) is 53.0 Å². The molecule has 1 amide bonds. The molecule has 0 radical (unpaired) electrons. The minimum atomic E-state index is -0.495. The van der Waals surface area contributed by atoms with Crippen LogP contribution in [0.2, 0.25) is 0 Å². The summed E-state index contributed by atoms with van der Waals surface area (Å²) in [7, 11) is 0. The Bertz CT molecular complexity index is 671. The summed E-state index contributed by atoms with van der Waals surface area (Å²) in [5.74, 6) is -0.270. The molecule has 1 N–H and O–H groups in total. The summed E-state index contributed by atoms with van der Waals surface area (Å²) in [6.07, 6.45) is 0. The Hall–Kier alpha value is -2.21. The molecule has 21 heavy (non-hydrogen) atoms. The van der Waals surface area contributed by atoms with E-state index >= 15 is 0 Å². The molecule has 0 aromatic heterocycles. The Kier molecular flexibility index (Phi) is 4.70. The first-order valence-corrected chi connectivity index (χ1v) is 7.08. The zero-order valence-electron chi connectivity index (χ0n) is 11.2. The molecular formula is C15H13BrN2O3. The smallest absolute Gasteiger partial charge is 0.269 e. The molecule has 6 heteroatoms. The van der Waals surface area contributed by atoms with Gasteiger partial charge in [-0.3, -0.25) is 14.9 Å². The highest BCUT2D eigenvalue weighted by Crippen LogP contribution is 2.23. The van der Waals surface area contributed by atoms with Crippen LogP contribution >= 0.6 is 15.9 Å². The zero-order chi connectivity index (χ0) is 15.4. The third kappa shape index (κ3) is 3.66. The van der Waals surface area contributed by atoms with Gasteiger partial charge >= 0.3 is 0 Å². The number of non-ortho nitro benzene ring substituents is 1. The summed E-state index contributed by atoms with van der Waals surface area (Å²) in [6.45, 7) is 1.88. The normalized spacial score (nSPS) is 11.7. The molecule has 1 atom stereocenters. The largest absolute Gasteiger partial charge is 0.345 e. The average molecular weight is 349 g/mol. The molecule has 108 valence electrons. The molecule has 0 saturated carbocycles. The van der Waals surface area contributed by atoms with Gasteiger partial charge in [0.25, 0.3) is 11.6 Å². The Labute approximate surface area is 130 Å². The van der Waals surface area contributed by atoms with Crippen molar-refractivity contribution in [3.05, 3.63) is 74.2 Å². The van der Waals surface area contributed by atoms with Gasteiger partial charge in [0.15, 0.2) is 0 Å². The van der Waals surface area contributed by atoms with E-state index in [9.17, 15) is 14.9 Å². The number of halogens is 1. The van der Waals surface area contributed by atoms with E-state index < -0.39 is 4.92 Å². The summed E-state index contributed by atoms with van der Waals surface area (Å²) in [6, 6.07) is 13.0. The van der Waals surface area contributed by atoms with E-state index in [1.165, 1.54) is 24.3 Å². The van der Waals surface area contributed by atoms with E-state index in [1.54, 1.807) is 0 Å². The Morgan fingerprint density at radius 1 is 1.19 bits per heavy atom. The van der Waals surface area contributed by atoms with E-state index in [4.69, 9.17) is 0 Å². The SMILES string of the molecule is CC(NC(=O)c1ccc([N+](=O)[O-])cc1)c1ccccc1Br. The zero-order valence-corrected chi connectivity index (χ0v) is 12.8. The van der Waals surface area contributed by atoms with Gasteiger partial charge in [-0.25, -0.2) is 0 Å². The molecular weight excluding hydrogens is 336 g/mol. The summed E-state index contributed by atoms with van der Waals surface area (Å²) < 4.78 is 0.918. The van der Waals surface area contributed by atoms with Crippen molar-refractivity contribution in [2.24, 2.45) is 0 Å². The highest BCUT2D eigenvalue weighted by atomic mass is 79.9. The second-order valence-electron chi connectivity index (χ2n) is 4.52. The fourth-order valence-electron chi connectivity index (χ4n) is 1.92. The lowest BCUT2D eigenvalue weighted by Gasteiger charge is -2.15. The highest BCUT2D eigenvalue weighted by molar-refractivity contribution is 9.10.